The molecule has 2 aliphatic rings. The SMILES string of the molecule is CCCN1C(=O)N(C2CCC(C(=O)OC)CC2)C[C@]1(C)CC. The van der Waals surface area contributed by atoms with Crippen molar-refractivity contribution in [1.82, 2.24) is 9.80 Å². The molecule has 2 amide bonds. The zero-order valence-electron chi connectivity index (χ0n) is 14.4. The van der Waals surface area contributed by atoms with Gasteiger partial charge in [-0.05, 0) is 45.4 Å². The van der Waals surface area contributed by atoms with Crippen LogP contribution >= 0.6 is 0 Å². The summed E-state index contributed by atoms with van der Waals surface area (Å²) >= 11 is 0. The Bertz CT molecular complexity index is 418. The number of esters is 1. The number of hydrogen-bond donors (Lipinski definition) is 0. The summed E-state index contributed by atoms with van der Waals surface area (Å²) in [5, 5.41) is 0. The largest absolute Gasteiger partial charge is 0.469 e. The minimum Gasteiger partial charge on any atom is -0.469 e. The number of carbonyl (C=O) groups is 2. The lowest BCUT2D eigenvalue weighted by Gasteiger charge is -2.33. The second kappa shape index (κ2) is 6.88. The lowest BCUT2D eigenvalue weighted by Crippen LogP contribution is -2.44. The number of rotatable bonds is 5. The standard InChI is InChI=1S/C17H30N2O3/c1-5-11-19-16(21)18(12-17(19,3)6-2)14-9-7-13(8-10-14)15(20)22-4/h13-14H,5-12H2,1-4H3/t13?,14?,17-/m0/s1. The van der Waals surface area contributed by atoms with Gasteiger partial charge in [0.1, 0.15) is 0 Å². The van der Waals surface area contributed by atoms with E-state index in [4.69, 9.17) is 4.74 Å². The van der Waals surface area contributed by atoms with E-state index in [1.165, 1.54) is 7.11 Å². The Hall–Kier alpha value is -1.26. The molecule has 1 heterocycles. The molecule has 0 aromatic carbocycles. The zero-order chi connectivity index (χ0) is 16.3. The maximum atomic E-state index is 12.8. The van der Waals surface area contributed by atoms with Gasteiger partial charge < -0.3 is 14.5 Å². The van der Waals surface area contributed by atoms with Crippen molar-refractivity contribution in [2.45, 2.75) is 70.9 Å². The van der Waals surface area contributed by atoms with E-state index in [0.29, 0.717) is 0 Å². The maximum absolute atomic E-state index is 12.8. The third-order valence-corrected chi connectivity index (χ3v) is 5.52. The quantitative estimate of drug-likeness (QED) is 0.733. The number of methoxy groups -OCH3 is 1. The smallest absolute Gasteiger partial charge is 0.320 e. The van der Waals surface area contributed by atoms with Crippen LogP contribution in [0.5, 0.6) is 0 Å². The van der Waals surface area contributed by atoms with Crippen LogP contribution in [0.2, 0.25) is 0 Å². The van der Waals surface area contributed by atoms with Gasteiger partial charge in [0.15, 0.2) is 0 Å². The molecule has 1 saturated heterocycles. The third-order valence-electron chi connectivity index (χ3n) is 5.52. The molecule has 0 spiro atoms. The van der Waals surface area contributed by atoms with E-state index in [2.05, 4.69) is 30.6 Å². The molecule has 0 aromatic heterocycles. The fourth-order valence-electron chi connectivity index (χ4n) is 3.87. The molecule has 0 aromatic rings. The number of carbonyl (C=O) groups excluding carboxylic acids is 2. The molecule has 126 valence electrons. The molecule has 2 rings (SSSR count). The van der Waals surface area contributed by atoms with Crippen molar-refractivity contribution in [3.8, 4) is 0 Å². The van der Waals surface area contributed by atoms with Crippen LogP contribution < -0.4 is 0 Å². The lowest BCUT2D eigenvalue weighted by atomic mass is 9.85. The van der Waals surface area contributed by atoms with Gasteiger partial charge in [0.2, 0.25) is 0 Å². The molecule has 0 bridgehead atoms. The van der Waals surface area contributed by atoms with Crippen LogP contribution in [0.15, 0.2) is 0 Å². The van der Waals surface area contributed by atoms with E-state index in [1.807, 2.05) is 0 Å². The highest BCUT2D eigenvalue weighted by Crippen LogP contribution is 2.36. The number of hydrogen-bond acceptors (Lipinski definition) is 3. The summed E-state index contributed by atoms with van der Waals surface area (Å²) in [5.41, 5.74) is -0.0493. The Kier molecular flexibility index (Phi) is 5.35. The first-order valence-electron chi connectivity index (χ1n) is 8.63. The van der Waals surface area contributed by atoms with Crippen LogP contribution in [0.3, 0.4) is 0 Å². The maximum Gasteiger partial charge on any atom is 0.320 e. The highest BCUT2D eigenvalue weighted by molar-refractivity contribution is 5.78. The van der Waals surface area contributed by atoms with Crippen molar-refractivity contribution < 1.29 is 14.3 Å². The second-order valence-electron chi connectivity index (χ2n) is 6.94. The predicted octanol–water partition coefficient (Wildman–Crippen LogP) is 3.03. The van der Waals surface area contributed by atoms with Crippen molar-refractivity contribution >= 4 is 12.0 Å². The Labute approximate surface area is 134 Å². The van der Waals surface area contributed by atoms with Crippen molar-refractivity contribution in [3.05, 3.63) is 0 Å². The van der Waals surface area contributed by atoms with Crippen LogP contribution in [0.1, 0.15) is 59.3 Å². The first-order valence-corrected chi connectivity index (χ1v) is 8.63. The number of urea groups is 1. The number of amides is 2. The Morgan fingerprint density at radius 1 is 1.27 bits per heavy atom. The fourth-order valence-corrected chi connectivity index (χ4v) is 3.87. The van der Waals surface area contributed by atoms with E-state index in [0.717, 1.165) is 51.6 Å². The van der Waals surface area contributed by atoms with Crippen LogP contribution in [-0.2, 0) is 9.53 Å². The molecule has 0 N–H and O–H groups in total. The minimum absolute atomic E-state index is 0.0169. The number of ether oxygens (including phenoxy) is 1. The van der Waals surface area contributed by atoms with Gasteiger partial charge in [-0.15, -0.1) is 0 Å². The van der Waals surface area contributed by atoms with E-state index in [1.54, 1.807) is 0 Å². The minimum atomic E-state index is -0.0998. The fraction of sp³-hybridized carbons (Fsp3) is 0.882. The van der Waals surface area contributed by atoms with Gasteiger partial charge in [-0.1, -0.05) is 13.8 Å². The summed E-state index contributed by atoms with van der Waals surface area (Å²) in [6, 6.07) is 0.467. The molecule has 0 unspecified atom stereocenters. The molecule has 2 fully saturated rings. The van der Waals surface area contributed by atoms with Crippen LogP contribution in [-0.4, -0.2) is 53.6 Å². The van der Waals surface area contributed by atoms with Crippen LogP contribution in [0, 0.1) is 5.92 Å². The molecule has 5 nitrogen and oxygen atoms in total. The van der Waals surface area contributed by atoms with Gasteiger partial charge in [0.25, 0.3) is 0 Å². The predicted molar refractivity (Wildman–Crippen MR) is 85.6 cm³/mol. The van der Waals surface area contributed by atoms with Gasteiger partial charge in [-0.25, -0.2) is 4.79 Å². The molecule has 5 heteroatoms. The van der Waals surface area contributed by atoms with E-state index >= 15 is 0 Å². The summed E-state index contributed by atoms with van der Waals surface area (Å²) in [5.74, 6) is -0.0829. The van der Waals surface area contributed by atoms with Gasteiger partial charge in [0.05, 0.1) is 18.6 Å². The van der Waals surface area contributed by atoms with Gasteiger partial charge in [0, 0.05) is 19.1 Å². The average molecular weight is 310 g/mol. The summed E-state index contributed by atoms with van der Waals surface area (Å²) < 4.78 is 4.84. The Balaban J connectivity index is 2.02. The molecule has 1 aliphatic carbocycles. The second-order valence-corrected chi connectivity index (χ2v) is 6.94. The highest BCUT2D eigenvalue weighted by Gasteiger charge is 2.47. The molecular formula is C17H30N2O3. The molecule has 0 radical (unpaired) electrons. The summed E-state index contributed by atoms with van der Waals surface area (Å²) in [6.45, 7) is 8.12. The third kappa shape index (κ3) is 3.08. The van der Waals surface area contributed by atoms with Gasteiger partial charge in [-0.3, -0.25) is 4.79 Å². The summed E-state index contributed by atoms with van der Waals surface area (Å²) in [6.07, 6.45) is 5.45. The molecular weight excluding hydrogens is 280 g/mol. The van der Waals surface area contributed by atoms with Gasteiger partial charge >= 0.3 is 12.0 Å². The van der Waals surface area contributed by atoms with Crippen LogP contribution in [0.25, 0.3) is 0 Å². The number of nitrogens with zero attached hydrogens (tertiary/aromatic N) is 2. The lowest BCUT2D eigenvalue weighted by molar-refractivity contribution is -0.146. The Morgan fingerprint density at radius 2 is 1.91 bits per heavy atom. The van der Waals surface area contributed by atoms with E-state index in [-0.39, 0.29) is 29.5 Å². The molecule has 22 heavy (non-hydrogen) atoms. The first-order chi connectivity index (χ1) is 10.5. The van der Waals surface area contributed by atoms with E-state index < -0.39 is 0 Å². The molecule has 1 atom stereocenters. The summed E-state index contributed by atoms with van der Waals surface area (Å²) in [7, 11) is 1.45. The molecule has 1 saturated carbocycles. The first kappa shape index (κ1) is 17.1. The summed E-state index contributed by atoms with van der Waals surface area (Å²) in [4.78, 5) is 28.6. The van der Waals surface area contributed by atoms with Crippen molar-refractivity contribution in [2.75, 3.05) is 20.2 Å². The van der Waals surface area contributed by atoms with E-state index in [9.17, 15) is 9.59 Å². The average Bonchev–Trinajstić information content (AvgIpc) is 2.80. The topological polar surface area (TPSA) is 49.9 Å². The van der Waals surface area contributed by atoms with Crippen molar-refractivity contribution in [3.63, 3.8) is 0 Å². The van der Waals surface area contributed by atoms with Crippen molar-refractivity contribution in [2.24, 2.45) is 5.92 Å². The highest BCUT2D eigenvalue weighted by atomic mass is 16.5. The monoisotopic (exact) mass is 310 g/mol. The van der Waals surface area contributed by atoms with Crippen LogP contribution in [0.4, 0.5) is 4.79 Å². The van der Waals surface area contributed by atoms with Gasteiger partial charge in [-0.2, -0.15) is 0 Å². The molecule has 1 aliphatic heterocycles. The Morgan fingerprint density at radius 3 is 2.41 bits per heavy atom. The van der Waals surface area contributed by atoms with Crippen molar-refractivity contribution in [1.29, 1.82) is 0 Å². The normalized spacial score (nSPS) is 32.5. The zero-order valence-corrected chi connectivity index (χ0v) is 14.4.